The van der Waals surface area contributed by atoms with Crippen molar-refractivity contribution in [1.82, 2.24) is 5.32 Å². The van der Waals surface area contributed by atoms with E-state index in [0.29, 0.717) is 4.83 Å². The second-order valence-corrected chi connectivity index (χ2v) is 5.89. The number of rotatable bonds is 2. The number of phenolic OH excluding ortho intramolecular Hbond substituents is 2. The second kappa shape index (κ2) is 5.61. The average molecular weight is 314 g/mol. The summed E-state index contributed by atoms with van der Waals surface area (Å²) >= 11 is 3.56. The number of phenols is 2. The van der Waals surface area contributed by atoms with Crippen LogP contribution in [0.1, 0.15) is 36.0 Å². The Morgan fingerprint density at radius 1 is 1.17 bits per heavy atom. The predicted molar refractivity (Wildman–Crippen MR) is 72.2 cm³/mol. The van der Waals surface area contributed by atoms with Gasteiger partial charge in [0.2, 0.25) is 0 Å². The first-order valence-corrected chi connectivity index (χ1v) is 6.95. The molecule has 0 aliphatic heterocycles. The van der Waals surface area contributed by atoms with Gasteiger partial charge in [0.1, 0.15) is 17.1 Å². The van der Waals surface area contributed by atoms with Gasteiger partial charge >= 0.3 is 0 Å². The van der Waals surface area contributed by atoms with Gasteiger partial charge in [0, 0.05) is 10.9 Å². The van der Waals surface area contributed by atoms with Crippen LogP contribution in [-0.2, 0) is 0 Å². The number of hydrogen-bond acceptors (Lipinski definition) is 3. The lowest BCUT2D eigenvalue weighted by molar-refractivity contribution is 0.0923. The van der Waals surface area contributed by atoms with E-state index in [1.165, 1.54) is 18.2 Å². The summed E-state index contributed by atoms with van der Waals surface area (Å²) in [5.74, 6) is -0.799. The van der Waals surface area contributed by atoms with E-state index in [0.717, 1.165) is 25.7 Å². The van der Waals surface area contributed by atoms with Crippen LogP contribution in [-0.4, -0.2) is 27.0 Å². The highest BCUT2D eigenvalue weighted by molar-refractivity contribution is 9.09. The molecule has 1 saturated carbocycles. The van der Waals surface area contributed by atoms with E-state index in [9.17, 15) is 15.0 Å². The Balaban J connectivity index is 2.04. The summed E-state index contributed by atoms with van der Waals surface area (Å²) in [6.07, 6.45) is 3.88. The summed E-state index contributed by atoms with van der Waals surface area (Å²) < 4.78 is 0. The van der Waals surface area contributed by atoms with Crippen molar-refractivity contribution in [2.24, 2.45) is 0 Å². The molecule has 0 aromatic heterocycles. The maximum Gasteiger partial charge on any atom is 0.259 e. The Hall–Kier alpha value is -1.23. The Labute approximate surface area is 114 Å². The molecule has 3 N–H and O–H groups in total. The number of halogens is 1. The van der Waals surface area contributed by atoms with Gasteiger partial charge in [-0.05, 0) is 37.8 Å². The number of carbonyl (C=O) groups excluding carboxylic acids is 1. The van der Waals surface area contributed by atoms with E-state index < -0.39 is 5.91 Å². The topological polar surface area (TPSA) is 69.6 Å². The molecular weight excluding hydrogens is 298 g/mol. The largest absolute Gasteiger partial charge is 0.507 e. The van der Waals surface area contributed by atoms with Crippen molar-refractivity contribution in [2.45, 2.75) is 36.6 Å². The molecule has 1 aromatic rings. The third-order valence-electron chi connectivity index (χ3n) is 3.24. The molecule has 1 aliphatic carbocycles. The standard InChI is InChI=1S/C13H16BrNO3/c14-8-4-6-9(7-5-8)15-13(18)12-10(16)2-1-3-11(12)17/h1-3,8-9,16-17H,4-7H2,(H,15,18). The van der Waals surface area contributed by atoms with Gasteiger partial charge in [-0.2, -0.15) is 0 Å². The molecule has 1 aliphatic rings. The molecule has 1 aromatic carbocycles. The van der Waals surface area contributed by atoms with Gasteiger partial charge in [-0.3, -0.25) is 4.79 Å². The molecule has 0 unspecified atom stereocenters. The van der Waals surface area contributed by atoms with E-state index in [1.807, 2.05) is 0 Å². The molecule has 0 atom stereocenters. The highest BCUT2D eigenvalue weighted by Crippen LogP contribution is 2.28. The first kappa shape index (κ1) is 13.2. The number of aromatic hydroxyl groups is 2. The summed E-state index contributed by atoms with van der Waals surface area (Å²) in [6.45, 7) is 0. The van der Waals surface area contributed by atoms with Crippen molar-refractivity contribution in [2.75, 3.05) is 0 Å². The average Bonchev–Trinajstić information content (AvgIpc) is 2.32. The zero-order chi connectivity index (χ0) is 13.1. The van der Waals surface area contributed by atoms with Crippen LogP contribution in [0.5, 0.6) is 11.5 Å². The van der Waals surface area contributed by atoms with Crippen molar-refractivity contribution in [1.29, 1.82) is 0 Å². The number of benzene rings is 1. The van der Waals surface area contributed by atoms with Gasteiger partial charge in [0.25, 0.3) is 5.91 Å². The van der Waals surface area contributed by atoms with Crippen LogP contribution in [0.25, 0.3) is 0 Å². The van der Waals surface area contributed by atoms with Crippen LogP contribution < -0.4 is 5.32 Å². The maximum absolute atomic E-state index is 12.0. The molecule has 18 heavy (non-hydrogen) atoms. The highest BCUT2D eigenvalue weighted by Gasteiger charge is 2.23. The molecule has 0 bridgehead atoms. The number of nitrogens with one attached hydrogen (secondary N) is 1. The quantitative estimate of drug-likeness (QED) is 0.735. The summed E-state index contributed by atoms with van der Waals surface area (Å²) in [7, 11) is 0. The smallest absolute Gasteiger partial charge is 0.259 e. The Kier molecular flexibility index (Phi) is 4.11. The zero-order valence-corrected chi connectivity index (χ0v) is 11.5. The summed E-state index contributed by atoms with van der Waals surface area (Å²) in [4.78, 5) is 12.5. The Morgan fingerprint density at radius 3 is 2.28 bits per heavy atom. The third kappa shape index (κ3) is 2.96. The van der Waals surface area contributed by atoms with E-state index in [4.69, 9.17) is 0 Å². The van der Waals surface area contributed by atoms with Crippen LogP contribution in [0.2, 0.25) is 0 Å². The maximum atomic E-state index is 12.0. The first-order valence-electron chi connectivity index (χ1n) is 6.04. The van der Waals surface area contributed by atoms with Crippen LogP contribution in [0.4, 0.5) is 0 Å². The van der Waals surface area contributed by atoms with E-state index >= 15 is 0 Å². The van der Waals surface area contributed by atoms with E-state index in [2.05, 4.69) is 21.2 Å². The minimum absolute atomic E-state index is 0.0431. The molecule has 0 spiro atoms. The van der Waals surface area contributed by atoms with E-state index in [1.54, 1.807) is 0 Å². The van der Waals surface area contributed by atoms with E-state index in [-0.39, 0.29) is 23.1 Å². The van der Waals surface area contributed by atoms with Crippen molar-refractivity contribution in [3.63, 3.8) is 0 Å². The molecule has 0 radical (unpaired) electrons. The van der Waals surface area contributed by atoms with Crippen LogP contribution in [0, 0.1) is 0 Å². The second-order valence-electron chi connectivity index (χ2n) is 4.59. The van der Waals surface area contributed by atoms with Gasteiger partial charge in [-0.1, -0.05) is 22.0 Å². The SMILES string of the molecule is O=C(NC1CCC(Br)CC1)c1c(O)cccc1O. The normalized spacial score (nSPS) is 23.6. The molecule has 1 fully saturated rings. The zero-order valence-electron chi connectivity index (χ0n) is 9.90. The molecule has 4 nitrogen and oxygen atoms in total. The number of hydrogen-bond donors (Lipinski definition) is 3. The van der Waals surface area contributed by atoms with Gasteiger partial charge < -0.3 is 15.5 Å². The number of amides is 1. The van der Waals surface area contributed by atoms with Crippen molar-refractivity contribution in [3.05, 3.63) is 23.8 Å². The van der Waals surface area contributed by atoms with Crippen LogP contribution >= 0.6 is 15.9 Å². The number of alkyl halides is 1. The monoisotopic (exact) mass is 313 g/mol. The van der Waals surface area contributed by atoms with Gasteiger partial charge in [-0.25, -0.2) is 0 Å². The highest BCUT2D eigenvalue weighted by atomic mass is 79.9. The Bertz CT molecular complexity index is 422. The molecule has 5 heteroatoms. The third-order valence-corrected chi connectivity index (χ3v) is 4.16. The lowest BCUT2D eigenvalue weighted by Crippen LogP contribution is -2.37. The fourth-order valence-electron chi connectivity index (χ4n) is 2.22. The number of carbonyl (C=O) groups is 1. The molecule has 98 valence electrons. The summed E-state index contributed by atoms with van der Waals surface area (Å²) in [5, 5.41) is 22.1. The Morgan fingerprint density at radius 2 is 1.72 bits per heavy atom. The van der Waals surface area contributed by atoms with Gasteiger partial charge in [-0.15, -0.1) is 0 Å². The summed E-state index contributed by atoms with van der Waals surface area (Å²) in [6, 6.07) is 4.40. The van der Waals surface area contributed by atoms with Crippen molar-refractivity contribution < 1.29 is 15.0 Å². The molecule has 2 rings (SSSR count). The van der Waals surface area contributed by atoms with Gasteiger partial charge in [0.05, 0.1) is 0 Å². The van der Waals surface area contributed by atoms with Gasteiger partial charge in [0.15, 0.2) is 0 Å². The van der Waals surface area contributed by atoms with Crippen molar-refractivity contribution >= 4 is 21.8 Å². The fraction of sp³-hybridized carbons (Fsp3) is 0.462. The molecule has 0 saturated heterocycles. The van der Waals surface area contributed by atoms with Crippen LogP contribution in [0.3, 0.4) is 0 Å². The first-order chi connectivity index (χ1) is 8.58. The van der Waals surface area contributed by atoms with Crippen molar-refractivity contribution in [3.8, 4) is 11.5 Å². The minimum Gasteiger partial charge on any atom is -0.507 e. The molecular formula is C13H16BrNO3. The summed E-state index contributed by atoms with van der Waals surface area (Å²) in [5.41, 5.74) is -0.0431. The fourth-order valence-corrected chi connectivity index (χ4v) is 2.74. The molecule has 0 heterocycles. The van der Waals surface area contributed by atoms with Crippen LogP contribution in [0.15, 0.2) is 18.2 Å². The molecule has 1 amide bonds. The predicted octanol–water partition coefficient (Wildman–Crippen LogP) is 2.53. The minimum atomic E-state index is -0.413. The lowest BCUT2D eigenvalue weighted by Gasteiger charge is -2.26. The lowest BCUT2D eigenvalue weighted by atomic mass is 9.95.